The third-order valence-corrected chi connectivity index (χ3v) is 4.40. The molecule has 0 radical (unpaired) electrons. The summed E-state index contributed by atoms with van der Waals surface area (Å²) in [7, 11) is 0. The monoisotopic (exact) mass is 382 g/mol. The lowest BCUT2D eigenvalue weighted by Crippen LogP contribution is -2.37. The molecule has 0 bridgehead atoms. The number of para-hydroxylation sites is 1. The van der Waals surface area contributed by atoms with Gasteiger partial charge in [-0.15, -0.1) is 0 Å². The maximum Gasteiger partial charge on any atom is 0.229 e. The van der Waals surface area contributed by atoms with E-state index in [4.69, 9.17) is 9.47 Å². The maximum atomic E-state index is 12.4. The summed E-state index contributed by atoms with van der Waals surface area (Å²) in [5.41, 5.74) is 0.797. The highest BCUT2D eigenvalue weighted by atomic mass is 16.5. The second-order valence-electron chi connectivity index (χ2n) is 7.05. The lowest BCUT2D eigenvalue weighted by Gasteiger charge is -2.18. The van der Waals surface area contributed by atoms with Gasteiger partial charge in [0, 0.05) is 25.1 Å². The first kappa shape index (κ1) is 19.9. The molecule has 0 spiro atoms. The molecular formula is C22H26N2O4. The fourth-order valence-electron chi connectivity index (χ4n) is 3.06. The highest BCUT2D eigenvalue weighted by molar-refractivity contribution is 5.96. The van der Waals surface area contributed by atoms with Crippen LogP contribution in [-0.2, 0) is 14.3 Å². The summed E-state index contributed by atoms with van der Waals surface area (Å²) in [6, 6.07) is 16.7. The van der Waals surface area contributed by atoms with Gasteiger partial charge in [-0.05, 0) is 50.2 Å². The second kappa shape index (κ2) is 9.37. The fourth-order valence-corrected chi connectivity index (χ4v) is 3.06. The van der Waals surface area contributed by atoms with Crippen LogP contribution in [0.5, 0.6) is 11.5 Å². The van der Waals surface area contributed by atoms with Crippen molar-refractivity contribution in [3.63, 3.8) is 0 Å². The molecule has 0 saturated carbocycles. The van der Waals surface area contributed by atoms with Gasteiger partial charge in [0.05, 0.1) is 18.8 Å². The van der Waals surface area contributed by atoms with Gasteiger partial charge in [-0.1, -0.05) is 18.2 Å². The van der Waals surface area contributed by atoms with Crippen molar-refractivity contribution in [2.45, 2.75) is 38.8 Å². The molecule has 28 heavy (non-hydrogen) atoms. The van der Waals surface area contributed by atoms with Crippen molar-refractivity contribution >= 4 is 17.5 Å². The first-order valence-corrected chi connectivity index (χ1v) is 9.55. The van der Waals surface area contributed by atoms with E-state index >= 15 is 0 Å². The van der Waals surface area contributed by atoms with Crippen LogP contribution in [0.15, 0.2) is 54.6 Å². The summed E-state index contributed by atoms with van der Waals surface area (Å²) < 4.78 is 11.2. The molecular weight excluding hydrogens is 356 g/mol. The Kier molecular flexibility index (Phi) is 6.66. The van der Waals surface area contributed by atoms with Crippen molar-refractivity contribution in [3.05, 3.63) is 54.6 Å². The number of nitrogens with zero attached hydrogens (tertiary/aromatic N) is 1. The van der Waals surface area contributed by atoms with Gasteiger partial charge in [0.25, 0.3) is 0 Å². The summed E-state index contributed by atoms with van der Waals surface area (Å²) in [5, 5.41) is 2.92. The van der Waals surface area contributed by atoms with Gasteiger partial charge in [-0.2, -0.15) is 0 Å². The van der Waals surface area contributed by atoms with Crippen LogP contribution in [0.4, 0.5) is 5.69 Å². The molecule has 6 heteroatoms. The average molecular weight is 382 g/mol. The van der Waals surface area contributed by atoms with E-state index < -0.39 is 0 Å². The Morgan fingerprint density at radius 1 is 1.11 bits per heavy atom. The van der Waals surface area contributed by atoms with E-state index in [1.165, 1.54) is 0 Å². The molecule has 1 fully saturated rings. The van der Waals surface area contributed by atoms with E-state index in [1.54, 1.807) is 4.90 Å². The van der Waals surface area contributed by atoms with E-state index in [1.807, 2.05) is 68.4 Å². The second-order valence-corrected chi connectivity index (χ2v) is 7.05. The molecule has 0 unspecified atom stereocenters. The average Bonchev–Trinajstić information content (AvgIpc) is 3.03. The molecule has 1 aliphatic rings. The van der Waals surface area contributed by atoms with E-state index in [2.05, 4.69) is 5.32 Å². The molecule has 6 nitrogen and oxygen atoms in total. The third-order valence-electron chi connectivity index (χ3n) is 4.40. The topological polar surface area (TPSA) is 67.9 Å². The quantitative estimate of drug-likeness (QED) is 0.759. The largest absolute Gasteiger partial charge is 0.457 e. The Morgan fingerprint density at radius 3 is 2.46 bits per heavy atom. The van der Waals surface area contributed by atoms with Crippen molar-refractivity contribution in [2.75, 3.05) is 18.1 Å². The smallest absolute Gasteiger partial charge is 0.229 e. The highest BCUT2D eigenvalue weighted by Crippen LogP contribution is 2.26. The van der Waals surface area contributed by atoms with Crippen LogP contribution in [0.25, 0.3) is 0 Å². The standard InChI is InChI=1S/C22H26N2O4/c1-16(2)27-13-12-21(25)23-17-14-22(26)24(15-17)18-8-10-20(11-9-18)28-19-6-4-3-5-7-19/h3-11,16-17H,12-15H2,1-2H3,(H,23,25)/t17-/m0/s1. The lowest BCUT2D eigenvalue weighted by atomic mass is 10.2. The van der Waals surface area contributed by atoms with Crippen LogP contribution in [-0.4, -0.2) is 37.1 Å². The molecule has 2 aromatic carbocycles. The molecule has 2 amide bonds. The molecule has 0 aromatic heterocycles. The van der Waals surface area contributed by atoms with Gasteiger partial charge < -0.3 is 19.7 Å². The van der Waals surface area contributed by atoms with Crippen LogP contribution >= 0.6 is 0 Å². The zero-order valence-corrected chi connectivity index (χ0v) is 16.3. The van der Waals surface area contributed by atoms with Crippen molar-refractivity contribution in [1.29, 1.82) is 0 Å². The first-order valence-electron chi connectivity index (χ1n) is 9.55. The number of carbonyl (C=O) groups is 2. The molecule has 0 aliphatic carbocycles. The number of carbonyl (C=O) groups excluding carboxylic acids is 2. The summed E-state index contributed by atoms with van der Waals surface area (Å²) in [6.45, 7) is 4.72. The molecule has 2 aromatic rings. The number of amides is 2. The Bertz CT molecular complexity index is 790. The molecule has 1 atom stereocenters. The molecule has 148 valence electrons. The summed E-state index contributed by atoms with van der Waals surface area (Å²) in [5.74, 6) is 1.38. The summed E-state index contributed by atoms with van der Waals surface area (Å²) >= 11 is 0. The van der Waals surface area contributed by atoms with Crippen molar-refractivity contribution < 1.29 is 19.1 Å². The number of rotatable bonds is 8. The van der Waals surface area contributed by atoms with Gasteiger partial charge in [0.1, 0.15) is 11.5 Å². The minimum atomic E-state index is -0.181. The van der Waals surface area contributed by atoms with Crippen LogP contribution in [0, 0.1) is 0 Å². The third kappa shape index (κ3) is 5.57. The molecule has 3 rings (SSSR count). The number of anilines is 1. The maximum absolute atomic E-state index is 12.4. The number of ether oxygens (including phenoxy) is 2. The molecule has 1 N–H and O–H groups in total. The zero-order chi connectivity index (χ0) is 19.9. The minimum Gasteiger partial charge on any atom is -0.457 e. The van der Waals surface area contributed by atoms with Crippen LogP contribution < -0.4 is 15.0 Å². The normalized spacial score (nSPS) is 16.5. The Balaban J connectivity index is 1.52. The number of hydrogen-bond acceptors (Lipinski definition) is 4. The highest BCUT2D eigenvalue weighted by Gasteiger charge is 2.31. The van der Waals surface area contributed by atoms with E-state index in [9.17, 15) is 9.59 Å². The van der Waals surface area contributed by atoms with Gasteiger partial charge in [0.15, 0.2) is 0 Å². The van der Waals surface area contributed by atoms with Crippen molar-refractivity contribution in [1.82, 2.24) is 5.32 Å². The molecule has 1 heterocycles. The van der Waals surface area contributed by atoms with Gasteiger partial charge in [-0.3, -0.25) is 9.59 Å². The molecule has 1 saturated heterocycles. The minimum absolute atomic E-state index is 0.000424. The molecule has 1 aliphatic heterocycles. The van der Waals surface area contributed by atoms with Gasteiger partial charge >= 0.3 is 0 Å². The predicted molar refractivity (Wildman–Crippen MR) is 108 cm³/mol. The van der Waals surface area contributed by atoms with E-state index in [0.29, 0.717) is 31.7 Å². The fraction of sp³-hybridized carbons (Fsp3) is 0.364. The lowest BCUT2D eigenvalue weighted by molar-refractivity contribution is -0.123. The Morgan fingerprint density at radius 2 is 1.79 bits per heavy atom. The Hall–Kier alpha value is -2.86. The van der Waals surface area contributed by atoms with Crippen molar-refractivity contribution in [3.8, 4) is 11.5 Å². The first-order chi connectivity index (χ1) is 13.5. The number of benzene rings is 2. The van der Waals surface area contributed by atoms with Crippen molar-refractivity contribution in [2.24, 2.45) is 0 Å². The SMILES string of the molecule is CC(C)OCCC(=O)N[C@H]1CC(=O)N(c2ccc(Oc3ccccc3)cc2)C1. The van der Waals surface area contributed by atoms with Gasteiger partial charge in [0.2, 0.25) is 11.8 Å². The van der Waals surface area contributed by atoms with E-state index in [-0.39, 0.29) is 24.0 Å². The number of nitrogens with one attached hydrogen (secondary N) is 1. The Labute approximate surface area is 165 Å². The zero-order valence-electron chi connectivity index (χ0n) is 16.3. The van der Waals surface area contributed by atoms with Gasteiger partial charge in [-0.25, -0.2) is 0 Å². The van der Waals surface area contributed by atoms with E-state index in [0.717, 1.165) is 11.4 Å². The number of hydrogen-bond donors (Lipinski definition) is 1. The van der Waals surface area contributed by atoms with Crippen LogP contribution in [0.3, 0.4) is 0 Å². The summed E-state index contributed by atoms with van der Waals surface area (Å²) in [6.07, 6.45) is 0.707. The van der Waals surface area contributed by atoms with Crippen LogP contribution in [0.1, 0.15) is 26.7 Å². The predicted octanol–water partition coefficient (Wildman–Crippen LogP) is 3.52. The van der Waals surface area contributed by atoms with Crippen LogP contribution in [0.2, 0.25) is 0 Å². The summed E-state index contributed by atoms with van der Waals surface area (Å²) in [4.78, 5) is 26.1.